The summed E-state index contributed by atoms with van der Waals surface area (Å²) < 4.78 is 0. The number of carbonyl (C=O) groups excluding carboxylic acids is 2. The second-order valence-corrected chi connectivity index (χ2v) is 2.02. The highest BCUT2D eigenvalue weighted by Crippen LogP contribution is 2.07. The Morgan fingerprint density at radius 2 is 1.90 bits per heavy atom. The van der Waals surface area contributed by atoms with Crippen LogP contribution in [0.25, 0.3) is 0 Å². The molecule has 1 atom stereocenters. The number of nitrogens with one attached hydrogen (secondary N) is 1. The third-order valence-electron chi connectivity index (χ3n) is 1.20. The Morgan fingerprint density at radius 1 is 1.40 bits per heavy atom. The number of rotatable bonds is 0. The van der Waals surface area contributed by atoms with E-state index in [1.807, 2.05) is 13.8 Å². The molecule has 1 N–H and O–H groups in total. The normalized spacial score (nSPS) is 23.3. The van der Waals surface area contributed by atoms with Gasteiger partial charge < -0.3 is 0 Å². The molecule has 1 aliphatic rings. The molecule has 0 saturated carbocycles. The molecule has 3 nitrogen and oxygen atoms in total. The zero-order chi connectivity index (χ0) is 8.15. The van der Waals surface area contributed by atoms with Crippen molar-refractivity contribution in [3.8, 4) is 0 Å². The van der Waals surface area contributed by atoms with E-state index in [-0.39, 0.29) is 17.7 Å². The predicted octanol–water partition coefficient (Wildman–Crippen LogP) is 0.695. The lowest BCUT2D eigenvalue weighted by Gasteiger charge is -1.88. The van der Waals surface area contributed by atoms with Crippen LogP contribution in [-0.2, 0) is 9.59 Å². The lowest BCUT2D eigenvalue weighted by Crippen LogP contribution is -2.20. The molecule has 1 aliphatic heterocycles. The van der Waals surface area contributed by atoms with Gasteiger partial charge in [0.05, 0.1) is 0 Å². The Hall–Kier alpha value is -0.860. The van der Waals surface area contributed by atoms with Crippen molar-refractivity contribution in [2.75, 3.05) is 0 Å². The van der Waals surface area contributed by atoms with Gasteiger partial charge in [-0.1, -0.05) is 20.8 Å². The lowest BCUT2D eigenvalue weighted by atomic mass is 10.1. The minimum absolute atomic E-state index is 0.109. The maximum Gasteiger partial charge on any atom is 0.229 e. The van der Waals surface area contributed by atoms with Crippen molar-refractivity contribution in [3.63, 3.8) is 0 Å². The summed E-state index contributed by atoms with van der Waals surface area (Å²) >= 11 is 0. The molecule has 0 aromatic rings. The summed E-state index contributed by atoms with van der Waals surface area (Å²) in [4.78, 5) is 20.8. The first-order valence-corrected chi connectivity index (χ1v) is 3.54. The Morgan fingerprint density at radius 3 is 2.00 bits per heavy atom. The van der Waals surface area contributed by atoms with Crippen LogP contribution in [-0.4, -0.2) is 11.8 Å². The Balaban J connectivity index is 0.000000371. The summed E-state index contributed by atoms with van der Waals surface area (Å²) in [5.41, 5.74) is 0. The van der Waals surface area contributed by atoms with E-state index in [1.165, 1.54) is 0 Å². The fraction of sp³-hybridized carbons (Fsp3) is 0.714. The summed E-state index contributed by atoms with van der Waals surface area (Å²) in [6.45, 7) is 5.74. The highest BCUT2D eigenvalue weighted by Gasteiger charge is 2.25. The Bertz CT molecular complexity index is 143. The zero-order valence-electron chi connectivity index (χ0n) is 6.60. The summed E-state index contributed by atoms with van der Waals surface area (Å²) in [7, 11) is 0. The fourth-order valence-corrected chi connectivity index (χ4v) is 0.682. The van der Waals surface area contributed by atoms with Crippen LogP contribution in [0.4, 0.5) is 0 Å². The van der Waals surface area contributed by atoms with Crippen LogP contribution in [0.3, 0.4) is 0 Å². The topological polar surface area (TPSA) is 46.2 Å². The Kier molecular flexibility index (Phi) is 3.69. The number of hydrogen-bond acceptors (Lipinski definition) is 2. The maximum atomic E-state index is 10.5. The van der Waals surface area contributed by atoms with Gasteiger partial charge in [0.15, 0.2) is 0 Å². The monoisotopic (exact) mass is 143 g/mol. The van der Waals surface area contributed by atoms with Gasteiger partial charge in [0.2, 0.25) is 11.8 Å². The van der Waals surface area contributed by atoms with Crippen molar-refractivity contribution in [2.45, 2.75) is 27.2 Å². The first kappa shape index (κ1) is 9.14. The van der Waals surface area contributed by atoms with E-state index < -0.39 is 0 Å². The molecule has 1 unspecified atom stereocenters. The van der Waals surface area contributed by atoms with Crippen molar-refractivity contribution in [3.05, 3.63) is 0 Å². The smallest absolute Gasteiger partial charge is 0.229 e. The van der Waals surface area contributed by atoms with Crippen molar-refractivity contribution in [2.24, 2.45) is 5.92 Å². The van der Waals surface area contributed by atoms with Crippen molar-refractivity contribution >= 4 is 11.8 Å². The van der Waals surface area contributed by atoms with Gasteiger partial charge in [0.1, 0.15) is 0 Å². The molecule has 58 valence electrons. The second kappa shape index (κ2) is 4.04. The molecule has 1 rings (SSSR count). The van der Waals surface area contributed by atoms with Gasteiger partial charge in [0, 0.05) is 12.3 Å². The molecule has 2 amide bonds. The van der Waals surface area contributed by atoms with Gasteiger partial charge in [-0.3, -0.25) is 14.9 Å². The molecule has 1 saturated heterocycles. The molecule has 0 aliphatic carbocycles. The van der Waals surface area contributed by atoms with E-state index >= 15 is 0 Å². The molecular weight excluding hydrogens is 130 g/mol. The van der Waals surface area contributed by atoms with Crippen LogP contribution in [0, 0.1) is 5.92 Å². The SMILES string of the molecule is CC.CC1CC(=O)NC1=O. The van der Waals surface area contributed by atoms with Crippen LogP contribution >= 0.6 is 0 Å². The minimum atomic E-state index is -0.150. The number of imide groups is 1. The quantitative estimate of drug-likeness (QED) is 0.507. The third-order valence-corrected chi connectivity index (χ3v) is 1.20. The molecule has 0 aromatic carbocycles. The average Bonchev–Trinajstić information content (AvgIpc) is 2.16. The maximum absolute atomic E-state index is 10.5. The summed E-state index contributed by atoms with van der Waals surface area (Å²) in [6, 6.07) is 0. The van der Waals surface area contributed by atoms with E-state index in [2.05, 4.69) is 5.32 Å². The average molecular weight is 143 g/mol. The van der Waals surface area contributed by atoms with Crippen LogP contribution in [0.15, 0.2) is 0 Å². The van der Waals surface area contributed by atoms with Gasteiger partial charge >= 0.3 is 0 Å². The minimum Gasteiger partial charge on any atom is -0.296 e. The molecule has 0 bridgehead atoms. The van der Waals surface area contributed by atoms with E-state index in [4.69, 9.17) is 0 Å². The predicted molar refractivity (Wildman–Crippen MR) is 38.3 cm³/mol. The number of amides is 2. The molecule has 1 fully saturated rings. The summed E-state index contributed by atoms with van der Waals surface area (Å²) in [5.74, 6) is -0.403. The van der Waals surface area contributed by atoms with E-state index in [9.17, 15) is 9.59 Å². The lowest BCUT2D eigenvalue weighted by molar-refractivity contribution is -0.125. The molecule has 0 spiro atoms. The van der Waals surface area contributed by atoms with E-state index in [0.29, 0.717) is 6.42 Å². The van der Waals surface area contributed by atoms with Crippen LogP contribution in [0.5, 0.6) is 0 Å². The van der Waals surface area contributed by atoms with E-state index in [0.717, 1.165) is 0 Å². The number of carbonyl (C=O) groups is 2. The molecule has 3 heteroatoms. The van der Waals surface area contributed by atoms with Crippen molar-refractivity contribution < 1.29 is 9.59 Å². The molecule has 10 heavy (non-hydrogen) atoms. The third kappa shape index (κ3) is 2.17. The summed E-state index contributed by atoms with van der Waals surface area (Å²) in [6.07, 6.45) is 0.360. The zero-order valence-corrected chi connectivity index (χ0v) is 6.60. The highest BCUT2D eigenvalue weighted by molar-refractivity contribution is 6.03. The van der Waals surface area contributed by atoms with Crippen LogP contribution < -0.4 is 5.32 Å². The van der Waals surface area contributed by atoms with Gasteiger partial charge in [0.25, 0.3) is 0 Å². The van der Waals surface area contributed by atoms with Gasteiger partial charge in [-0.15, -0.1) is 0 Å². The summed E-state index contributed by atoms with van der Waals surface area (Å²) in [5, 5.41) is 2.19. The number of hydrogen-bond donors (Lipinski definition) is 1. The molecule has 0 aromatic heterocycles. The van der Waals surface area contributed by atoms with E-state index in [1.54, 1.807) is 6.92 Å². The Labute approximate surface area is 60.8 Å². The molecule has 1 heterocycles. The second-order valence-electron chi connectivity index (χ2n) is 2.02. The first-order valence-electron chi connectivity index (χ1n) is 3.54. The van der Waals surface area contributed by atoms with Gasteiger partial charge in [-0.05, 0) is 0 Å². The van der Waals surface area contributed by atoms with Crippen molar-refractivity contribution in [1.82, 2.24) is 5.32 Å². The molecular formula is C7H13NO2. The largest absolute Gasteiger partial charge is 0.296 e. The van der Waals surface area contributed by atoms with Crippen LogP contribution in [0.1, 0.15) is 27.2 Å². The fourth-order valence-electron chi connectivity index (χ4n) is 0.682. The standard InChI is InChI=1S/C5H7NO2.C2H6/c1-3-2-4(7)6-5(3)8;1-2/h3H,2H2,1H3,(H,6,7,8);1-2H3. The van der Waals surface area contributed by atoms with Gasteiger partial charge in [-0.2, -0.15) is 0 Å². The van der Waals surface area contributed by atoms with Crippen LogP contribution in [0.2, 0.25) is 0 Å². The highest BCUT2D eigenvalue weighted by atomic mass is 16.2. The molecule has 0 radical (unpaired) electrons. The van der Waals surface area contributed by atoms with Crippen molar-refractivity contribution in [1.29, 1.82) is 0 Å². The van der Waals surface area contributed by atoms with Gasteiger partial charge in [-0.25, -0.2) is 0 Å². The first-order chi connectivity index (χ1) is 4.70.